The Hall–Kier alpha value is -2.36. The van der Waals surface area contributed by atoms with E-state index in [1.54, 1.807) is 12.3 Å². The molecule has 0 atom stereocenters. The Morgan fingerprint density at radius 2 is 2.00 bits per heavy atom. The zero-order valence-electron chi connectivity index (χ0n) is 13.4. The lowest BCUT2D eigenvalue weighted by Gasteiger charge is -2.11. The quantitative estimate of drug-likeness (QED) is 0.850. The summed E-state index contributed by atoms with van der Waals surface area (Å²) in [5.74, 6) is 0.441. The molecule has 2 N–H and O–H groups in total. The molecular formula is C18H23N3O. The minimum absolute atomic E-state index is 0.130. The summed E-state index contributed by atoms with van der Waals surface area (Å²) in [5, 5.41) is 6.23. The van der Waals surface area contributed by atoms with Crippen LogP contribution in [0.4, 0.5) is 11.4 Å². The number of hydrogen-bond donors (Lipinski definition) is 2. The van der Waals surface area contributed by atoms with Crippen molar-refractivity contribution in [1.82, 2.24) is 10.3 Å². The zero-order chi connectivity index (χ0) is 15.9. The van der Waals surface area contributed by atoms with Crippen LogP contribution in [-0.2, 0) is 0 Å². The summed E-state index contributed by atoms with van der Waals surface area (Å²) >= 11 is 0. The van der Waals surface area contributed by atoms with Crippen LogP contribution in [0.5, 0.6) is 0 Å². The Bertz CT molecular complexity index is 638. The molecule has 22 heavy (non-hydrogen) atoms. The molecule has 2 rings (SSSR count). The Balaban J connectivity index is 2.03. The minimum Gasteiger partial charge on any atom is -0.355 e. The molecule has 1 amide bonds. The first-order valence-corrected chi connectivity index (χ1v) is 7.63. The van der Waals surface area contributed by atoms with Crippen LogP contribution in [0.1, 0.15) is 36.3 Å². The molecule has 116 valence electrons. The van der Waals surface area contributed by atoms with Crippen molar-refractivity contribution in [2.45, 2.75) is 27.2 Å². The second-order valence-electron chi connectivity index (χ2n) is 5.81. The van der Waals surface area contributed by atoms with E-state index in [1.165, 1.54) is 0 Å². The Labute approximate surface area is 132 Å². The highest BCUT2D eigenvalue weighted by Gasteiger charge is 2.08. The first-order valence-electron chi connectivity index (χ1n) is 7.63. The van der Waals surface area contributed by atoms with Gasteiger partial charge in [-0.1, -0.05) is 32.0 Å². The number of carbonyl (C=O) groups is 1. The first kappa shape index (κ1) is 16.0. The third-order valence-electron chi connectivity index (χ3n) is 3.42. The Morgan fingerprint density at radius 1 is 1.23 bits per heavy atom. The van der Waals surface area contributed by atoms with Gasteiger partial charge in [0.05, 0.1) is 0 Å². The summed E-state index contributed by atoms with van der Waals surface area (Å²) in [6.07, 6.45) is 2.62. The van der Waals surface area contributed by atoms with E-state index in [-0.39, 0.29) is 5.91 Å². The van der Waals surface area contributed by atoms with Crippen LogP contribution < -0.4 is 10.6 Å². The predicted molar refractivity (Wildman–Crippen MR) is 90.5 cm³/mol. The maximum Gasteiger partial charge on any atom is 0.269 e. The number of aryl methyl sites for hydroxylation is 1. The van der Waals surface area contributed by atoms with E-state index >= 15 is 0 Å². The minimum atomic E-state index is -0.130. The van der Waals surface area contributed by atoms with Gasteiger partial charge in [0.1, 0.15) is 5.69 Å². The van der Waals surface area contributed by atoms with Gasteiger partial charge < -0.3 is 10.6 Å². The summed E-state index contributed by atoms with van der Waals surface area (Å²) < 4.78 is 0. The molecule has 1 aromatic carbocycles. The zero-order valence-corrected chi connectivity index (χ0v) is 13.4. The first-order chi connectivity index (χ1) is 10.6. The van der Waals surface area contributed by atoms with Crippen molar-refractivity contribution in [2.75, 3.05) is 11.9 Å². The fourth-order valence-corrected chi connectivity index (χ4v) is 2.07. The highest BCUT2D eigenvalue weighted by Crippen LogP contribution is 2.20. The van der Waals surface area contributed by atoms with Crippen molar-refractivity contribution in [3.63, 3.8) is 0 Å². The number of benzene rings is 1. The standard InChI is InChI=1S/C18H23N3O/c1-13(2)8-10-20-18(22)17-12-15(9-11-19-17)21-16-7-5-4-6-14(16)3/h4-7,9,11-13H,8,10H2,1-3H3,(H,19,21)(H,20,22). The fraction of sp³-hybridized carbons (Fsp3) is 0.333. The highest BCUT2D eigenvalue weighted by atomic mass is 16.1. The van der Waals surface area contributed by atoms with E-state index in [0.29, 0.717) is 18.2 Å². The number of para-hydroxylation sites is 1. The average Bonchev–Trinajstić information content (AvgIpc) is 2.49. The van der Waals surface area contributed by atoms with Crippen LogP contribution in [0.25, 0.3) is 0 Å². The monoisotopic (exact) mass is 297 g/mol. The van der Waals surface area contributed by atoms with E-state index in [0.717, 1.165) is 23.4 Å². The molecular weight excluding hydrogens is 274 g/mol. The molecule has 1 aromatic heterocycles. The molecule has 1 heterocycles. The largest absolute Gasteiger partial charge is 0.355 e. The van der Waals surface area contributed by atoms with Crippen molar-refractivity contribution in [1.29, 1.82) is 0 Å². The SMILES string of the molecule is Cc1ccccc1Nc1ccnc(C(=O)NCCC(C)C)c1. The van der Waals surface area contributed by atoms with E-state index in [1.807, 2.05) is 37.3 Å². The maximum absolute atomic E-state index is 12.1. The third-order valence-corrected chi connectivity index (χ3v) is 3.42. The van der Waals surface area contributed by atoms with Gasteiger partial charge in [-0.2, -0.15) is 0 Å². The molecule has 0 aliphatic carbocycles. The smallest absolute Gasteiger partial charge is 0.269 e. The Kier molecular flexibility index (Phi) is 5.53. The van der Waals surface area contributed by atoms with Gasteiger partial charge in [-0.05, 0) is 43.0 Å². The number of rotatable bonds is 6. The van der Waals surface area contributed by atoms with Gasteiger partial charge in [0.15, 0.2) is 0 Å². The number of nitrogens with one attached hydrogen (secondary N) is 2. The molecule has 0 aliphatic heterocycles. The predicted octanol–water partition coefficient (Wildman–Crippen LogP) is 3.91. The number of anilines is 2. The second-order valence-corrected chi connectivity index (χ2v) is 5.81. The molecule has 0 fully saturated rings. The van der Waals surface area contributed by atoms with Crippen molar-refractivity contribution >= 4 is 17.3 Å². The molecule has 0 saturated carbocycles. The van der Waals surface area contributed by atoms with Gasteiger partial charge in [-0.25, -0.2) is 0 Å². The molecule has 0 radical (unpaired) electrons. The van der Waals surface area contributed by atoms with Gasteiger partial charge in [0, 0.05) is 24.1 Å². The number of pyridine rings is 1. The van der Waals surface area contributed by atoms with Crippen molar-refractivity contribution in [3.05, 3.63) is 53.9 Å². The Morgan fingerprint density at radius 3 is 2.73 bits per heavy atom. The third kappa shape index (κ3) is 4.58. The molecule has 2 aromatic rings. The molecule has 0 aliphatic rings. The van der Waals surface area contributed by atoms with E-state index in [2.05, 4.69) is 29.5 Å². The van der Waals surface area contributed by atoms with Gasteiger partial charge in [0.25, 0.3) is 5.91 Å². The van der Waals surface area contributed by atoms with Crippen LogP contribution in [0.2, 0.25) is 0 Å². The number of nitrogens with zero attached hydrogens (tertiary/aromatic N) is 1. The molecule has 0 unspecified atom stereocenters. The van der Waals surface area contributed by atoms with Gasteiger partial charge in [-0.15, -0.1) is 0 Å². The van der Waals surface area contributed by atoms with Crippen LogP contribution in [-0.4, -0.2) is 17.4 Å². The molecule has 0 bridgehead atoms. The molecule has 4 nitrogen and oxygen atoms in total. The van der Waals surface area contributed by atoms with E-state index < -0.39 is 0 Å². The van der Waals surface area contributed by atoms with Crippen LogP contribution in [0, 0.1) is 12.8 Å². The lowest BCUT2D eigenvalue weighted by molar-refractivity contribution is 0.0947. The van der Waals surface area contributed by atoms with Crippen LogP contribution >= 0.6 is 0 Å². The van der Waals surface area contributed by atoms with Gasteiger partial charge in [0.2, 0.25) is 0 Å². The lowest BCUT2D eigenvalue weighted by Crippen LogP contribution is -2.26. The number of carbonyl (C=O) groups excluding carboxylic acids is 1. The summed E-state index contributed by atoms with van der Waals surface area (Å²) in [5.41, 5.74) is 3.47. The van der Waals surface area contributed by atoms with Crippen LogP contribution in [0.15, 0.2) is 42.6 Å². The lowest BCUT2D eigenvalue weighted by atomic mass is 10.1. The summed E-state index contributed by atoms with van der Waals surface area (Å²) in [7, 11) is 0. The van der Waals surface area contributed by atoms with Crippen molar-refractivity contribution in [2.24, 2.45) is 5.92 Å². The van der Waals surface area contributed by atoms with Gasteiger partial charge >= 0.3 is 0 Å². The normalized spacial score (nSPS) is 10.5. The number of aromatic nitrogens is 1. The molecule has 0 spiro atoms. The summed E-state index contributed by atoms with van der Waals surface area (Å²) in [4.78, 5) is 16.2. The maximum atomic E-state index is 12.1. The average molecular weight is 297 g/mol. The van der Waals surface area contributed by atoms with Gasteiger partial charge in [-0.3, -0.25) is 9.78 Å². The van der Waals surface area contributed by atoms with E-state index in [4.69, 9.17) is 0 Å². The summed E-state index contributed by atoms with van der Waals surface area (Å²) in [6, 6.07) is 11.7. The molecule has 0 saturated heterocycles. The van der Waals surface area contributed by atoms with Crippen molar-refractivity contribution in [3.8, 4) is 0 Å². The fourth-order valence-electron chi connectivity index (χ4n) is 2.07. The summed E-state index contributed by atoms with van der Waals surface area (Å²) in [6.45, 7) is 6.99. The highest BCUT2D eigenvalue weighted by molar-refractivity contribution is 5.93. The number of amides is 1. The van der Waals surface area contributed by atoms with Crippen molar-refractivity contribution < 1.29 is 4.79 Å². The second kappa shape index (κ2) is 7.59. The van der Waals surface area contributed by atoms with E-state index in [9.17, 15) is 4.79 Å². The molecule has 4 heteroatoms. The number of hydrogen-bond acceptors (Lipinski definition) is 3. The topological polar surface area (TPSA) is 54.0 Å². The van der Waals surface area contributed by atoms with Crippen LogP contribution in [0.3, 0.4) is 0 Å².